The van der Waals surface area contributed by atoms with Crippen LogP contribution >= 0.6 is 15.9 Å². The third kappa shape index (κ3) is 4.17. The highest BCUT2D eigenvalue weighted by Crippen LogP contribution is 2.20. The summed E-state index contributed by atoms with van der Waals surface area (Å²) in [6.45, 7) is 0.804. The molecular formula is C16H13BrN4O3. The smallest absolute Gasteiger partial charge is 0.273 e. The van der Waals surface area contributed by atoms with Gasteiger partial charge in [0.15, 0.2) is 0 Å². The van der Waals surface area contributed by atoms with E-state index in [-0.39, 0.29) is 12.3 Å². The van der Waals surface area contributed by atoms with Crippen LogP contribution in [0.15, 0.2) is 59.2 Å². The van der Waals surface area contributed by atoms with E-state index in [0.717, 1.165) is 10.0 Å². The number of aromatic nitrogens is 3. The van der Waals surface area contributed by atoms with E-state index in [4.69, 9.17) is 4.74 Å². The molecule has 0 spiro atoms. The molecular weight excluding hydrogens is 376 g/mol. The van der Waals surface area contributed by atoms with Crippen LogP contribution in [0.25, 0.3) is 0 Å². The predicted molar refractivity (Wildman–Crippen MR) is 90.7 cm³/mol. The van der Waals surface area contributed by atoms with E-state index in [9.17, 15) is 10.1 Å². The summed E-state index contributed by atoms with van der Waals surface area (Å²) in [6, 6.07) is 14.0. The highest BCUT2D eigenvalue weighted by molar-refractivity contribution is 9.10. The Morgan fingerprint density at radius 3 is 2.75 bits per heavy atom. The van der Waals surface area contributed by atoms with Gasteiger partial charge in [-0.2, -0.15) is 0 Å². The summed E-state index contributed by atoms with van der Waals surface area (Å²) in [5.74, 6) is 0.423. The molecule has 3 rings (SSSR count). The average molecular weight is 389 g/mol. The number of halogens is 1. The molecule has 122 valence electrons. The Balaban J connectivity index is 1.61. The Hall–Kier alpha value is -2.74. The van der Waals surface area contributed by atoms with Crippen molar-refractivity contribution in [2.45, 2.75) is 13.2 Å². The fourth-order valence-electron chi connectivity index (χ4n) is 2.10. The monoisotopic (exact) mass is 388 g/mol. The van der Waals surface area contributed by atoms with Crippen molar-refractivity contribution < 1.29 is 9.66 Å². The van der Waals surface area contributed by atoms with Crippen molar-refractivity contribution in [3.63, 3.8) is 0 Å². The van der Waals surface area contributed by atoms with Gasteiger partial charge in [-0.25, -0.2) is 4.68 Å². The largest absolute Gasteiger partial charge is 0.487 e. The number of nitrogens with zero attached hydrogens (tertiary/aromatic N) is 4. The summed E-state index contributed by atoms with van der Waals surface area (Å²) in [7, 11) is 0. The van der Waals surface area contributed by atoms with Crippen molar-refractivity contribution in [3.05, 3.63) is 80.6 Å². The Morgan fingerprint density at radius 2 is 2.00 bits per heavy atom. The average Bonchev–Trinajstić information content (AvgIpc) is 3.03. The lowest BCUT2D eigenvalue weighted by atomic mass is 10.2. The van der Waals surface area contributed by atoms with Gasteiger partial charge >= 0.3 is 0 Å². The van der Waals surface area contributed by atoms with Crippen molar-refractivity contribution in [1.29, 1.82) is 0 Å². The lowest BCUT2D eigenvalue weighted by Crippen LogP contribution is -2.00. The van der Waals surface area contributed by atoms with Gasteiger partial charge in [0.25, 0.3) is 5.69 Å². The van der Waals surface area contributed by atoms with Gasteiger partial charge < -0.3 is 4.74 Å². The maximum atomic E-state index is 10.7. The molecule has 0 fully saturated rings. The molecule has 1 heterocycles. The van der Waals surface area contributed by atoms with Crippen molar-refractivity contribution in [2.24, 2.45) is 0 Å². The van der Waals surface area contributed by atoms with Gasteiger partial charge in [0.2, 0.25) is 0 Å². The number of hydrogen-bond acceptors (Lipinski definition) is 5. The van der Waals surface area contributed by atoms with E-state index in [1.54, 1.807) is 23.0 Å². The summed E-state index contributed by atoms with van der Waals surface area (Å²) in [5.41, 5.74) is 1.75. The molecule has 7 nitrogen and oxygen atoms in total. The van der Waals surface area contributed by atoms with Gasteiger partial charge in [0.1, 0.15) is 18.1 Å². The van der Waals surface area contributed by atoms with Gasteiger partial charge in [-0.05, 0) is 23.8 Å². The first-order valence-electron chi connectivity index (χ1n) is 7.11. The maximum Gasteiger partial charge on any atom is 0.273 e. The zero-order valence-corrected chi connectivity index (χ0v) is 14.1. The Kier molecular flexibility index (Phi) is 4.85. The highest BCUT2D eigenvalue weighted by atomic mass is 79.9. The number of hydrogen-bond donors (Lipinski definition) is 0. The summed E-state index contributed by atoms with van der Waals surface area (Å²) in [4.78, 5) is 10.3. The molecule has 2 aromatic carbocycles. The molecule has 3 aromatic rings. The molecule has 0 radical (unpaired) electrons. The van der Waals surface area contributed by atoms with Crippen LogP contribution in [0.5, 0.6) is 5.75 Å². The Bertz CT molecular complexity index is 849. The molecule has 0 unspecified atom stereocenters. The summed E-state index contributed by atoms with van der Waals surface area (Å²) < 4.78 is 8.28. The second-order valence-electron chi connectivity index (χ2n) is 5.08. The van der Waals surface area contributed by atoms with Crippen molar-refractivity contribution >= 4 is 21.6 Å². The molecule has 0 saturated carbocycles. The van der Waals surface area contributed by atoms with Crippen LogP contribution in [0, 0.1) is 10.1 Å². The van der Waals surface area contributed by atoms with Crippen LogP contribution in [-0.4, -0.2) is 19.9 Å². The Labute approximate surface area is 146 Å². The fraction of sp³-hybridized carbons (Fsp3) is 0.125. The van der Waals surface area contributed by atoms with Crippen molar-refractivity contribution in [1.82, 2.24) is 15.0 Å². The van der Waals surface area contributed by atoms with Crippen LogP contribution in [-0.2, 0) is 13.2 Å². The number of non-ortho nitro benzene ring substituents is 1. The van der Waals surface area contributed by atoms with E-state index in [1.165, 1.54) is 12.1 Å². The van der Waals surface area contributed by atoms with Gasteiger partial charge in [-0.1, -0.05) is 39.3 Å². The standard InChI is InChI=1S/C16H13BrN4O3/c17-13-6-4-12(5-7-13)9-20-10-14(18-19-20)11-24-16-3-1-2-15(8-16)21(22)23/h1-8,10H,9,11H2. The zero-order chi connectivity index (χ0) is 16.9. The first-order valence-corrected chi connectivity index (χ1v) is 7.90. The lowest BCUT2D eigenvalue weighted by molar-refractivity contribution is -0.384. The van der Waals surface area contributed by atoms with Gasteiger partial charge in [0, 0.05) is 10.5 Å². The lowest BCUT2D eigenvalue weighted by Gasteiger charge is -2.03. The summed E-state index contributed by atoms with van der Waals surface area (Å²) in [5, 5.41) is 18.9. The molecule has 1 aromatic heterocycles. The van der Waals surface area contributed by atoms with Gasteiger partial charge in [-0.3, -0.25) is 10.1 Å². The minimum atomic E-state index is -0.457. The van der Waals surface area contributed by atoms with Gasteiger partial charge in [-0.15, -0.1) is 5.10 Å². The molecule has 24 heavy (non-hydrogen) atoms. The molecule has 0 bridgehead atoms. The van der Waals surface area contributed by atoms with Crippen LogP contribution in [0.4, 0.5) is 5.69 Å². The minimum absolute atomic E-state index is 0.00797. The second-order valence-corrected chi connectivity index (χ2v) is 5.99. The van der Waals surface area contributed by atoms with E-state index in [2.05, 4.69) is 26.2 Å². The zero-order valence-electron chi connectivity index (χ0n) is 12.5. The maximum absolute atomic E-state index is 10.7. The Morgan fingerprint density at radius 1 is 1.21 bits per heavy atom. The van der Waals surface area contributed by atoms with Crippen LogP contribution in [0.1, 0.15) is 11.3 Å². The van der Waals surface area contributed by atoms with Crippen LogP contribution in [0.3, 0.4) is 0 Å². The molecule has 8 heteroatoms. The second kappa shape index (κ2) is 7.22. The number of nitro benzene ring substituents is 1. The van der Waals surface area contributed by atoms with E-state index < -0.39 is 4.92 Å². The third-order valence-electron chi connectivity index (χ3n) is 3.26. The predicted octanol–water partition coefficient (Wildman–Crippen LogP) is 3.58. The molecule has 0 aliphatic carbocycles. The van der Waals surface area contributed by atoms with Gasteiger partial charge in [0.05, 0.1) is 23.7 Å². The van der Waals surface area contributed by atoms with Crippen LogP contribution < -0.4 is 4.74 Å². The fourth-order valence-corrected chi connectivity index (χ4v) is 2.37. The molecule has 0 amide bonds. The topological polar surface area (TPSA) is 83.1 Å². The third-order valence-corrected chi connectivity index (χ3v) is 3.79. The molecule has 0 atom stereocenters. The molecule has 0 saturated heterocycles. The normalized spacial score (nSPS) is 10.5. The molecule has 0 aliphatic rings. The van der Waals surface area contributed by atoms with E-state index in [1.807, 2.05) is 24.3 Å². The quantitative estimate of drug-likeness (QED) is 0.475. The summed E-state index contributed by atoms with van der Waals surface area (Å²) >= 11 is 3.40. The number of rotatable bonds is 6. The van der Waals surface area contributed by atoms with Crippen molar-refractivity contribution in [3.8, 4) is 5.75 Å². The number of ether oxygens (including phenoxy) is 1. The first-order chi connectivity index (χ1) is 11.6. The van der Waals surface area contributed by atoms with E-state index >= 15 is 0 Å². The molecule has 0 aliphatic heterocycles. The number of benzene rings is 2. The molecule has 0 N–H and O–H groups in total. The number of nitro groups is 1. The van der Waals surface area contributed by atoms with Crippen molar-refractivity contribution in [2.75, 3.05) is 0 Å². The minimum Gasteiger partial charge on any atom is -0.487 e. The summed E-state index contributed by atoms with van der Waals surface area (Å²) in [6.07, 6.45) is 1.79. The first kappa shape index (κ1) is 16.1. The SMILES string of the molecule is O=[N+]([O-])c1cccc(OCc2cn(Cc3ccc(Br)cc3)nn2)c1. The highest BCUT2D eigenvalue weighted by Gasteiger charge is 2.08. The van der Waals surface area contributed by atoms with Crippen LogP contribution in [0.2, 0.25) is 0 Å². The van der Waals surface area contributed by atoms with E-state index in [0.29, 0.717) is 18.0 Å².